The minimum Gasteiger partial charge on any atom is -0.493 e. The maximum absolute atomic E-state index is 11.5. The highest BCUT2D eigenvalue weighted by Gasteiger charge is 2.23. The van der Waals surface area contributed by atoms with Crippen molar-refractivity contribution in [2.24, 2.45) is 5.10 Å². The van der Waals surface area contributed by atoms with Crippen molar-refractivity contribution in [1.29, 1.82) is 5.41 Å². The van der Waals surface area contributed by atoms with E-state index in [9.17, 15) is 9.90 Å². The maximum atomic E-state index is 11.5. The van der Waals surface area contributed by atoms with Crippen molar-refractivity contribution in [3.8, 4) is 17.2 Å². The number of aromatic nitrogens is 1. The van der Waals surface area contributed by atoms with Gasteiger partial charge in [-0.15, -0.1) is 0 Å². The van der Waals surface area contributed by atoms with Gasteiger partial charge < -0.3 is 14.3 Å². The van der Waals surface area contributed by atoms with Crippen molar-refractivity contribution < 1.29 is 19.1 Å². The molecule has 1 unspecified atom stereocenters. The van der Waals surface area contributed by atoms with Crippen molar-refractivity contribution >= 4 is 23.1 Å². The Morgan fingerprint density at radius 1 is 1.05 bits per heavy atom. The Bertz CT molecular complexity index is 1380. The third kappa shape index (κ3) is 6.49. The average molecular weight is 497 g/mol. The number of hydrazone groups is 1. The standard InChI is InChI=1S/C29H28N4O4/c1-19(27(26(30)29(34)35)33-32-23-11-7-4-8-12-23)21-13-15-24(16-14-21)36-18-17-25-20(2)37-28(31-25)22-9-5-3-6-10-22/h3-16,19,30,32H,17-18H2,1-2H3,(H,34,35)/b30-26?,33-27-. The molecule has 188 valence electrons. The number of aryl methyl sites for hydroxylation is 1. The first-order valence-electron chi connectivity index (χ1n) is 11.9. The van der Waals surface area contributed by atoms with Gasteiger partial charge in [0, 0.05) is 17.9 Å². The second-order valence-corrected chi connectivity index (χ2v) is 8.43. The largest absolute Gasteiger partial charge is 0.493 e. The van der Waals surface area contributed by atoms with Crippen LogP contribution in [0.15, 0.2) is 94.4 Å². The molecule has 0 bridgehead atoms. The Balaban J connectivity index is 1.39. The normalized spacial score (nSPS) is 12.1. The number of hydrogen-bond donors (Lipinski definition) is 3. The molecule has 0 amide bonds. The number of carbonyl (C=O) groups is 1. The van der Waals surface area contributed by atoms with E-state index >= 15 is 0 Å². The molecule has 0 saturated carbocycles. The number of aliphatic carboxylic acids is 1. The first-order chi connectivity index (χ1) is 17.9. The fourth-order valence-electron chi connectivity index (χ4n) is 3.76. The van der Waals surface area contributed by atoms with E-state index in [1.54, 1.807) is 0 Å². The van der Waals surface area contributed by atoms with Gasteiger partial charge in [-0.25, -0.2) is 9.78 Å². The van der Waals surface area contributed by atoms with Gasteiger partial charge in [0.25, 0.3) is 0 Å². The van der Waals surface area contributed by atoms with Gasteiger partial charge >= 0.3 is 5.97 Å². The quantitative estimate of drug-likeness (QED) is 0.174. The van der Waals surface area contributed by atoms with Crippen LogP contribution in [-0.2, 0) is 11.2 Å². The zero-order valence-corrected chi connectivity index (χ0v) is 20.6. The number of oxazole rings is 1. The maximum Gasteiger partial charge on any atom is 0.355 e. The lowest BCUT2D eigenvalue weighted by molar-refractivity contribution is -0.129. The van der Waals surface area contributed by atoms with E-state index in [1.165, 1.54) is 0 Å². The van der Waals surface area contributed by atoms with Crippen LogP contribution in [0.4, 0.5) is 5.69 Å². The highest BCUT2D eigenvalue weighted by atomic mass is 16.5. The van der Waals surface area contributed by atoms with Crippen LogP contribution in [-0.4, -0.2) is 34.1 Å². The number of hydrogen-bond acceptors (Lipinski definition) is 7. The number of carboxylic acids is 1. The van der Waals surface area contributed by atoms with Crippen molar-refractivity contribution in [3.05, 3.63) is 102 Å². The molecule has 4 rings (SSSR count). The van der Waals surface area contributed by atoms with Crippen molar-refractivity contribution in [1.82, 2.24) is 4.98 Å². The smallest absolute Gasteiger partial charge is 0.355 e. The molecule has 0 radical (unpaired) electrons. The molecule has 3 N–H and O–H groups in total. The van der Waals surface area contributed by atoms with Gasteiger partial charge in [-0.1, -0.05) is 55.5 Å². The van der Waals surface area contributed by atoms with E-state index < -0.39 is 17.6 Å². The summed E-state index contributed by atoms with van der Waals surface area (Å²) in [5.41, 5.74) is 5.71. The van der Waals surface area contributed by atoms with Crippen molar-refractivity contribution in [3.63, 3.8) is 0 Å². The van der Waals surface area contributed by atoms with E-state index in [1.807, 2.05) is 98.8 Å². The first-order valence-corrected chi connectivity index (χ1v) is 11.9. The van der Waals surface area contributed by atoms with Crippen molar-refractivity contribution in [2.45, 2.75) is 26.2 Å². The average Bonchev–Trinajstić information content (AvgIpc) is 3.30. The minimum atomic E-state index is -1.33. The molecular weight excluding hydrogens is 468 g/mol. The molecule has 1 heterocycles. The van der Waals surface area contributed by atoms with Crippen LogP contribution in [0.2, 0.25) is 0 Å². The fraction of sp³-hybridized carbons (Fsp3) is 0.172. The number of ether oxygens (including phenoxy) is 1. The zero-order valence-electron chi connectivity index (χ0n) is 20.6. The SMILES string of the molecule is Cc1oc(-c2ccccc2)nc1CCOc1ccc(C(C)/C(=N/Nc2ccccc2)C(=N)C(=O)O)cc1. The molecule has 8 nitrogen and oxygen atoms in total. The van der Waals surface area contributed by atoms with Crippen molar-refractivity contribution in [2.75, 3.05) is 12.0 Å². The number of para-hydroxylation sites is 1. The predicted octanol–water partition coefficient (Wildman–Crippen LogP) is 5.95. The Hall–Kier alpha value is -4.72. The fourth-order valence-corrected chi connectivity index (χ4v) is 3.76. The lowest BCUT2D eigenvalue weighted by Crippen LogP contribution is -2.28. The highest BCUT2D eigenvalue weighted by molar-refractivity contribution is 6.65. The van der Waals surface area contributed by atoms with E-state index in [2.05, 4.69) is 15.5 Å². The Morgan fingerprint density at radius 3 is 2.35 bits per heavy atom. The lowest BCUT2D eigenvalue weighted by atomic mass is 9.93. The number of benzene rings is 3. The second kappa shape index (κ2) is 11.8. The Kier molecular flexibility index (Phi) is 8.10. The van der Waals surface area contributed by atoms with E-state index in [4.69, 9.17) is 14.6 Å². The Labute approximate surface area is 215 Å². The van der Waals surface area contributed by atoms with Gasteiger partial charge in [-0.2, -0.15) is 5.10 Å². The molecule has 0 aliphatic rings. The summed E-state index contributed by atoms with van der Waals surface area (Å²) in [7, 11) is 0. The second-order valence-electron chi connectivity index (χ2n) is 8.43. The molecule has 0 aliphatic carbocycles. The monoisotopic (exact) mass is 496 g/mol. The molecule has 0 spiro atoms. The summed E-state index contributed by atoms with van der Waals surface area (Å²) in [5.74, 6) is 0.276. The van der Waals surface area contributed by atoms with Crippen LogP contribution >= 0.6 is 0 Å². The van der Waals surface area contributed by atoms with E-state index in [0.29, 0.717) is 30.4 Å². The number of rotatable bonds is 11. The summed E-state index contributed by atoms with van der Waals surface area (Å²) in [6.07, 6.45) is 0.595. The third-order valence-corrected chi connectivity index (χ3v) is 5.86. The molecule has 8 heteroatoms. The zero-order chi connectivity index (χ0) is 26.2. The van der Waals surface area contributed by atoms with Crippen LogP contribution in [0.25, 0.3) is 11.5 Å². The van der Waals surface area contributed by atoms with Gasteiger partial charge in [0.05, 0.1) is 18.0 Å². The number of anilines is 1. The van der Waals surface area contributed by atoms with Gasteiger partial charge in [0.1, 0.15) is 17.2 Å². The van der Waals surface area contributed by atoms with Crippen LogP contribution in [0.3, 0.4) is 0 Å². The minimum absolute atomic E-state index is 0.126. The molecule has 0 aliphatic heterocycles. The molecule has 37 heavy (non-hydrogen) atoms. The summed E-state index contributed by atoms with van der Waals surface area (Å²) in [6.45, 7) is 4.13. The summed E-state index contributed by atoms with van der Waals surface area (Å²) >= 11 is 0. The van der Waals surface area contributed by atoms with Gasteiger partial charge in [-0.05, 0) is 48.9 Å². The van der Waals surface area contributed by atoms with Crippen LogP contribution in [0.1, 0.15) is 29.9 Å². The molecular formula is C29H28N4O4. The lowest BCUT2D eigenvalue weighted by Gasteiger charge is -2.15. The summed E-state index contributed by atoms with van der Waals surface area (Å²) < 4.78 is 11.7. The predicted molar refractivity (Wildman–Crippen MR) is 144 cm³/mol. The molecule has 0 saturated heterocycles. The molecule has 4 aromatic rings. The van der Waals surface area contributed by atoms with Gasteiger partial charge in [-0.3, -0.25) is 10.8 Å². The van der Waals surface area contributed by atoms with E-state index in [-0.39, 0.29) is 5.71 Å². The molecule has 1 aromatic heterocycles. The van der Waals surface area contributed by atoms with Crippen LogP contribution < -0.4 is 10.2 Å². The molecule has 1 atom stereocenters. The number of carboxylic acid groups (broad SMARTS) is 1. The Morgan fingerprint density at radius 2 is 1.70 bits per heavy atom. The van der Waals surface area contributed by atoms with Crippen LogP contribution in [0.5, 0.6) is 5.75 Å². The summed E-state index contributed by atoms with van der Waals surface area (Å²) in [5, 5.41) is 21.7. The van der Waals surface area contributed by atoms with Gasteiger partial charge in [0.15, 0.2) is 5.71 Å². The van der Waals surface area contributed by atoms with Gasteiger partial charge in [0.2, 0.25) is 5.89 Å². The number of nitrogens with zero attached hydrogens (tertiary/aromatic N) is 2. The highest BCUT2D eigenvalue weighted by Crippen LogP contribution is 2.24. The topological polar surface area (TPSA) is 121 Å². The first kappa shape index (κ1) is 25.4. The molecule has 3 aromatic carbocycles. The van der Waals surface area contributed by atoms with Crippen LogP contribution in [0, 0.1) is 12.3 Å². The summed E-state index contributed by atoms with van der Waals surface area (Å²) in [4.78, 5) is 16.1. The summed E-state index contributed by atoms with van der Waals surface area (Å²) in [6, 6.07) is 26.3. The number of nitrogens with one attached hydrogen (secondary N) is 2. The van der Waals surface area contributed by atoms with E-state index in [0.717, 1.165) is 22.6 Å². The third-order valence-electron chi connectivity index (χ3n) is 5.86. The molecule has 0 fully saturated rings.